The summed E-state index contributed by atoms with van der Waals surface area (Å²) in [6, 6.07) is 10.4. The molecule has 0 saturated heterocycles. The maximum absolute atomic E-state index is 11.5. The number of carbonyl (C=O) groups excluding carboxylic acids is 2. The molecule has 0 aliphatic carbocycles. The Bertz CT molecular complexity index is 595. The number of methoxy groups -OCH3 is 1. The average molecular weight is 275 g/mol. The molecule has 2 aromatic rings. The zero-order valence-corrected chi connectivity index (χ0v) is 10.8. The van der Waals surface area contributed by atoms with Crippen molar-refractivity contribution < 1.29 is 18.8 Å². The number of aromatic nitrogens is 1. The van der Waals surface area contributed by atoms with E-state index >= 15 is 0 Å². The van der Waals surface area contributed by atoms with Gasteiger partial charge in [0.05, 0.1) is 7.11 Å². The number of hydrogen-bond donors (Lipinski definition) is 2. The van der Waals surface area contributed by atoms with E-state index in [4.69, 9.17) is 4.52 Å². The van der Waals surface area contributed by atoms with Crippen molar-refractivity contribution >= 4 is 17.8 Å². The number of amides is 2. The Kier molecular flexibility index (Phi) is 4.33. The van der Waals surface area contributed by atoms with Gasteiger partial charge in [-0.2, -0.15) is 0 Å². The van der Waals surface area contributed by atoms with Gasteiger partial charge in [0.25, 0.3) is 0 Å². The summed E-state index contributed by atoms with van der Waals surface area (Å²) in [5, 5.41) is 8.49. The summed E-state index contributed by atoms with van der Waals surface area (Å²) in [6.07, 6.45) is 0. The number of benzene rings is 1. The molecule has 0 fully saturated rings. The average Bonchev–Trinajstić information content (AvgIpc) is 2.94. The molecule has 0 spiro atoms. The Hall–Kier alpha value is -2.83. The molecule has 7 nitrogen and oxygen atoms in total. The van der Waals surface area contributed by atoms with Crippen molar-refractivity contribution in [2.75, 3.05) is 19.0 Å². The van der Waals surface area contributed by atoms with Crippen LogP contribution < -0.4 is 10.6 Å². The zero-order chi connectivity index (χ0) is 14.4. The zero-order valence-electron chi connectivity index (χ0n) is 10.8. The number of nitrogens with one attached hydrogen (secondary N) is 2. The number of carbonyl (C=O) groups is 2. The van der Waals surface area contributed by atoms with E-state index in [2.05, 4.69) is 20.5 Å². The molecule has 1 aromatic heterocycles. The first-order valence-electron chi connectivity index (χ1n) is 5.83. The monoisotopic (exact) mass is 275 g/mol. The van der Waals surface area contributed by atoms with Gasteiger partial charge in [-0.05, 0) is 0 Å². The van der Waals surface area contributed by atoms with Gasteiger partial charge in [-0.15, -0.1) is 0 Å². The molecule has 104 valence electrons. The molecule has 2 amide bonds. The SMILES string of the molecule is COC(=O)CNC(=O)Nc1cc(-c2ccccc2)on1. The van der Waals surface area contributed by atoms with Crippen molar-refractivity contribution in [3.05, 3.63) is 36.4 Å². The quantitative estimate of drug-likeness (QED) is 0.827. The summed E-state index contributed by atoms with van der Waals surface area (Å²) in [4.78, 5) is 22.3. The fourth-order valence-corrected chi connectivity index (χ4v) is 1.46. The Balaban J connectivity index is 1.93. The molecule has 0 saturated carbocycles. The minimum atomic E-state index is -0.566. The van der Waals surface area contributed by atoms with E-state index in [1.807, 2.05) is 30.3 Å². The molecule has 0 aliphatic heterocycles. The van der Waals surface area contributed by atoms with Crippen LogP contribution in [0.3, 0.4) is 0 Å². The van der Waals surface area contributed by atoms with Gasteiger partial charge in [-0.3, -0.25) is 10.1 Å². The third-order valence-electron chi connectivity index (χ3n) is 2.43. The third kappa shape index (κ3) is 3.58. The van der Waals surface area contributed by atoms with Gasteiger partial charge in [0.15, 0.2) is 11.6 Å². The number of ether oxygens (including phenoxy) is 1. The normalized spacial score (nSPS) is 9.85. The fourth-order valence-electron chi connectivity index (χ4n) is 1.46. The van der Waals surface area contributed by atoms with E-state index in [1.54, 1.807) is 6.07 Å². The van der Waals surface area contributed by atoms with Crippen molar-refractivity contribution in [2.45, 2.75) is 0 Å². The molecule has 2 N–H and O–H groups in total. The first-order chi connectivity index (χ1) is 9.69. The van der Waals surface area contributed by atoms with E-state index in [0.29, 0.717) is 5.76 Å². The Morgan fingerprint density at radius 2 is 2.05 bits per heavy atom. The maximum atomic E-state index is 11.5. The third-order valence-corrected chi connectivity index (χ3v) is 2.43. The van der Waals surface area contributed by atoms with Crippen molar-refractivity contribution in [3.63, 3.8) is 0 Å². The smallest absolute Gasteiger partial charge is 0.325 e. The van der Waals surface area contributed by atoms with Crippen LogP contribution in [0.2, 0.25) is 0 Å². The summed E-state index contributed by atoms with van der Waals surface area (Å²) < 4.78 is 9.51. The molecular weight excluding hydrogens is 262 g/mol. The molecule has 20 heavy (non-hydrogen) atoms. The number of rotatable bonds is 4. The summed E-state index contributed by atoms with van der Waals surface area (Å²) in [5.74, 6) is 0.255. The van der Waals surface area contributed by atoms with E-state index in [1.165, 1.54) is 7.11 Å². The van der Waals surface area contributed by atoms with Gasteiger partial charge in [0.2, 0.25) is 0 Å². The Morgan fingerprint density at radius 3 is 2.75 bits per heavy atom. The molecule has 0 bridgehead atoms. The largest absolute Gasteiger partial charge is 0.468 e. The van der Waals surface area contributed by atoms with Gasteiger partial charge in [0, 0.05) is 11.6 Å². The molecule has 1 heterocycles. The molecule has 0 atom stereocenters. The standard InChI is InChI=1S/C13H13N3O4/c1-19-12(17)8-14-13(18)15-11-7-10(20-16-11)9-5-3-2-4-6-9/h2-7H,8H2,1H3,(H2,14,15,16,18). The van der Waals surface area contributed by atoms with Crippen LogP contribution in [-0.4, -0.2) is 30.8 Å². The van der Waals surface area contributed by atoms with E-state index in [9.17, 15) is 9.59 Å². The highest BCUT2D eigenvalue weighted by atomic mass is 16.5. The number of hydrogen-bond acceptors (Lipinski definition) is 5. The van der Waals surface area contributed by atoms with Crippen molar-refractivity contribution in [2.24, 2.45) is 0 Å². The number of nitrogens with zero attached hydrogens (tertiary/aromatic N) is 1. The molecular formula is C13H13N3O4. The van der Waals surface area contributed by atoms with Crippen LogP contribution in [0.25, 0.3) is 11.3 Å². The number of urea groups is 1. The Labute approximate surface area is 114 Å². The van der Waals surface area contributed by atoms with Crippen LogP contribution in [0, 0.1) is 0 Å². The lowest BCUT2D eigenvalue weighted by Crippen LogP contribution is -2.33. The van der Waals surface area contributed by atoms with Gasteiger partial charge >= 0.3 is 12.0 Å². The summed E-state index contributed by atoms with van der Waals surface area (Å²) in [6.45, 7) is -0.217. The highest BCUT2D eigenvalue weighted by Gasteiger charge is 2.10. The van der Waals surface area contributed by atoms with Crippen molar-refractivity contribution in [1.29, 1.82) is 0 Å². The molecule has 1 aromatic carbocycles. The molecule has 0 unspecified atom stereocenters. The van der Waals surface area contributed by atoms with E-state index in [-0.39, 0.29) is 12.4 Å². The van der Waals surface area contributed by atoms with Crippen molar-refractivity contribution in [3.8, 4) is 11.3 Å². The van der Waals surface area contributed by atoms with Gasteiger partial charge in [-0.25, -0.2) is 4.79 Å². The minimum absolute atomic E-state index is 0.217. The lowest BCUT2D eigenvalue weighted by Gasteiger charge is -2.02. The second kappa shape index (κ2) is 6.37. The van der Waals surface area contributed by atoms with Crippen LogP contribution in [0.15, 0.2) is 40.9 Å². The second-order valence-corrected chi connectivity index (χ2v) is 3.83. The molecule has 7 heteroatoms. The summed E-state index contributed by atoms with van der Waals surface area (Å²) in [7, 11) is 1.24. The Morgan fingerprint density at radius 1 is 1.30 bits per heavy atom. The van der Waals surface area contributed by atoms with Crippen molar-refractivity contribution in [1.82, 2.24) is 10.5 Å². The maximum Gasteiger partial charge on any atom is 0.325 e. The molecule has 2 rings (SSSR count). The topological polar surface area (TPSA) is 93.5 Å². The first-order valence-corrected chi connectivity index (χ1v) is 5.83. The number of esters is 1. The fraction of sp³-hybridized carbons (Fsp3) is 0.154. The second-order valence-electron chi connectivity index (χ2n) is 3.83. The highest BCUT2D eigenvalue weighted by molar-refractivity contribution is 5.90. The van der Waals surface area contributed by atoms with Gasteiger partial charge in [0.1, 0.15) is 6.54 Å². The number of anilines is 1. The van der Waals surface area contributed by atoms with Gasteiger partial charge in [-0.1, -0.05) is 35.5 Å². The van der Waals surface area contributed by atoms with Crippen LogP contribution in [0.1, 0.15) is 0 Å². The van der Waals surface area contributed by atoms with Crippen LogP contribution >= 0.6 is 0 Å². The van der Waals surface area contributed by atoms with Crippen LogP contribution in [0.4, 0.5) is 10.6 Å². The highest BCUT2D eigenvalue weighted by Crippen LogP contribution is 2.21. The van der Waals surface area contributed by atoms with Crippen LogP contribution in [-0.2, 0) is 9.53 Å². The van der Waals surface area contributed by atoms with Gasteiger partial charge < -0.3 is 14.6 Å². The summed E-state index contributed by atoms with van der Waals surface area (Å²) in [5.41, 5.74) is 0.850. The van der Waals surface area contributed by atoms with E-state index < -0.39 is 12.0 Å². The molecule has 0 aliphatic rings. The van der Waals surface area contributed by atoms with Crippen LogP contribution in [0.5, 0.6) is 0 Å². The van der Waals surface area contributed by atoms with E-state index in [0.717, 1.165) is 5.56 Å². The minimum Gasteiger partial charge on any atom is -0.468 e. The lowest BCUT2D eigenvalue weighted by atomic mass is 10.2. The lowest BCUT2D eigenvalue weighted by molar-refractivity contribution is -0.139. The predicted molar refractivity (Wildman–Crippen MR) is 71.0 cm³/mol. The summed E-state index contributed by atoms with van der Waals surface area (Å²) >= 11 is 0. The predicted octanol–water partition coefficient (Wildman–Crippen LogP) is 1.64. The molecule has 0 radical (unpaired) electrons. The first kappa shape index (κ1) is 13.6.